The molecular weight excluding hydrogens is 330 g/mol. The molecule has 0 aliphatic rings. The number of esters is 1. The largest absolute Gasteiger partial charge is 0.492 e. The lowest BCUT2D eigenvalue weighted by atomic mass is 10.0. The molecule has 0 atom stereocenters. The van der Waals surface area contributed by atoms with Crippen molar-refractivity contribution in [2.45, 2.75) is 19.3 Å². The van der Waals surface area contributed by atoms with Crippen LogP contribution in [0.5, 0.6) is 5.75 Å². The minimum absolute atomic E-state index is 0.225. The third kappa shape index (κ3) is 4.92. The topological polar surface area (TPSA) is 77.1 Å². The van der Waals surface area contributed by atoms with Crippen molar-refractivity contribution in [3.05, 3.63) is 66.0 Å². The summed E-state index contributed by atoms with van der Waals surface area (Å²) in [5.41, 5.74) is 3.86. The van der Waals surface area contributed by atoms with Crippen LogP contribution in [0.25, 0.3) is 11.4 Å². The molecule has 6 nitrogen and oxygen atoms in total. The number of aromatic amines is 1. The Morgan fingerprint density at radius 1 is 1.15 bits per heavy atom. The van der Waals surface area contributed by atoms with Gasteiger partial charge in [-0.1, -0.05) is 24.3 Å². The van der Waals surface area contributed by atoms with Gasteiger partial charge in [-0.25, -0.2) is 0 Å². The van der Waals surface area contributed by atoms with Crippen LogP contribution < -0.4 is 4.74 Å². The molecule has 0 aliphatic heterocycles. The first-order valence-electron chi connectivity index (χ1n) is 8.48. The van der Waals surface area contributed by atoms with Crippen molar-refractivity contribution < 1.29 is 14.3 Å². The lowest BCUT2D eigenvalue weighted by Gasteiger charge is -2.07. The van der Waals surface area contributed by atoms with Gasteiger partial charge in [0.15, 0.2) is 0 Å². The number of hydrogen-bond acceptors (Lipinski definition) is 5. The van der Waals surface area contributed by atoms with E-state index in [-0.39, 0.29) is 5.97 Å². The zero-order chi connectivity index (χ0) is 18.2. The molecule has 26 heavy (non-hydrogen) atoms. The highest BCUT2D eigenvalue weighted by molar-refractivity contribution is 5.72. The molecule has 1 aromatic carbocycles. The Balaban J connectivity index is 1.45. The third-order valence-electron chi connectivity index (χ3n) is 3.96. The minimum atomic E-state index is -0.225. The first-order valence-corrected chi connectivity index (χ1v) is 8.48. The van der Waals surface area contributed by atoms with Gasteiger partial charge in [0.2, 0.25) is 0 Å². The van der Waals surface area contributed by atoms with Crippen LogP contribution in [0.4, 0.5) is 0 Å². The summed E-state index contributed by atoms with van der Waals surface area (Å²) >= 11 is 0. The SMILES string of the molecule is COC(=O)Cc1cccc(CCCOc2ccc(-c3ccn[nH]3)nc2)c1. The van der Waals surface area contributed by atoms with E-state index < -0.39 is 0 Å². The molecule has 2 heterocycles. The molecule has 0 radical (unpaired) electrons. The fraction of sp³-hybridized carbons (Fsp3) is 0.250. The molecule has 0 saturated carbocycles. The number of aromatic nitrogens is 3. The molecule has 0 amide bonds. The summed E-state index contributed by atoms with van der Waals surface area (Å²) in [6, 6.07) is 13.7. The van der Waals surface area contributed by atoms with Crippen LogP contribution in [0, 0.1) is 0 Å². The van der Waals surface area contributed by atoms with E-state index in [9.17, 15) is 4.79 Å². The summed E-state index contributed by atoms with van der Waals surface area (Å²) in [5.74, 6) is 0.518. The first kappa shape index (κ1) is 17.7. The summed E-state index contributed by atoms with van der Waals surface area (Å²) in [7, 11) is 1.40. The van der Waals surface area contributed by atoms with Crippen LogP contribution in [-0.2, 0) is 22.4 Å². The highest BCUT2D eigenvalue weighted by atomic mass is 16.5. The number of aryl methyl sites for hydroxylation is 1. The average Bonchev–Trinajstić information content (AvgIpc) is 3.21. The average molecular weight is 351 g/mol. The fourth-order valence-corrected chi connectivity index (χ4v) is 2.62. The monoisotopic (exact) mass is 351 g/mol. The number of nitrogens with zero attached hydrogens (tertiary/aromatic N) is 2. The van der Waals surface area contributed by atoms with E-state index in [0.717, 1.165) is 35.5 Å². The van der Waals surface area contributed by atoms with Crippen molar-refractivity contribution in [1.82, 2.24) is 15.2 Å². The van der Waals surface area contributed by atoms with Crippen LogP contribution >= 0.6 is 0 Å². The Labute approximate surface area is 152 Å². The first-order chi connectivity index (χ1) is 12.7. The number of nitrogens with one attached hydrogen (secondary N) is 1. The van der Waals surface area contributed by atoms with Gasteiger partial charge in [0.25, 0.3) is 0 Å². The fourth-order valence-electron chi connectivity index (χ4n) is 2.62. The molecule has 134 valence electrons. The van der Waals surface area contributed by atoms with Gasteiger partial charge in [-0.15, -0.1) is 0 Å². The molecule has 3 rings (SSSR count). The van der Waals surface area contributed by atoms with E-state index in [1.807, 2.05) is 36.4 Å². The molecule has 6 heteroatoms. The molecule has 1 N–H and O–H groups in total. The van der Waals surface area contributed by atoms with Gasteiger partial charge in [-0.3, -0.25) is 14.9 Å². The number of methoxy groups -OCH3 is 1. The Morgan fingerprint density at radius 2 is 2.04 bits per heavy atom. The smallest absolute Gasteiger partial charge is 0.309 e. The number of pyridine rings is 1. The molecular formula is C20H21N3O3. The molecule has 0 spiro atoms. The Bertz CT molecular complexity index is 830. The third-order valence-corrected chi connectivity index (χ3v) is 3.96. The number of carbonyl (C=O) groups excluding carboxylic acids is 1. The lowest BCUT2D eigenvalue weighted by Crippen LogP contribution is -2.05. The van der Waals surface area contributed by atoms with Gasteiger partial charge in [0, 0.05) is 6.20 Å². The number of ether oxygens (including phenoxy) is 2. The quantitative estimate of drug-likeness (QED) is 0.498. The molecule has 0 bridgehead atoms. The highest BCUT2D eigenvalue weighted by Gasteiger charge is 2.04. The van der Waals surface area contributed by atoms with Gasteiger partial charge in [-0.2, -0.15) is 5.10 Å². The molecule has 2 aromatic heterocycles. The second-order valence-corrected chi connectivity index (χ2v) is 5.87. The maximum atomic E-state index is 11.4. The number of benzene rings is 1. The zero-order valence-corrected chi connectivity index (χ0v) is 14.6. The van der Waals surface area contributed by atoms with Crippen LogP contribution in [0.2, 0.25) is 0 Å². The highest BCUT2D eigenvalue weighted by Crippen LogP contribution is 2.17. The van der Waals surface area contributed by atoms with Crippen molar-refractivity contribution in [2.75, 3.05) is 13.7 Å². The van der Waals surface area contributed by atoms with E-state index in [1.54, 1.807) is 12.4 Å². The number of hydrogen-bond donors (Lipinski definition) is 1. The van der Waals surface area contributed by atoms with E-state index in [1.165, 1.54) is 12.7 Å². The van der Waals surface area contributed by atoms with Crippen LogP contribution in [0.3, 0.4) is 0 Å². The normalized spacial score (nSPS) is 10.5. The summed E-state index contributed by atoms with van der Waals surface area (Å²) < 4.78 is 10.5. The number of rotatable bonds is 8. The van der Waals surface area contributed by atoms with Gasteiger partial charge in [0.1, 0.15) is 5.75 Å². The van der Waals surface area contributed by atoms with Crippen molar-refractivity contribution >= 4 is 5.97 Å². The Hall–Kier alpha value is -3.15. The maximum Gasteiger partial charge on any atom is 0.309 e. The van der Waals surface area contributed by atoms with Crippen molar-refractivity contribution in [2.24, 2.45) is 0 Å². The van der Waals surface area contributed by atoms with Crippen LogP contribution in [0.15, 0.2) is 54.9 Å². The summed E-state index contributed by atoms with van der Waals surface area (Å²) in [4.78, 5) is 15.7. The minimum Gasteiger partial charge on any atom is -0.492 e. The second kappa shape index (κ2) is 8.80. The van der Waals surface area contributed by atoms with E-state index in [0.29, 0.717) is 13.0 Å². The van der Waals surface area contributed by atoms with Crippen molar-refractivity contribution in [3.8, 4) is 17.1 Å². The summed E-state index contributed by atoms with van der Waals surface area (Å²) in [6.45, 7) is 0.603. The Morgan fingerprint density at radius 3 is 2.77 bits per heavy atom. The van der Waals surface area contributed by atoms with Gasteiger partial charge >= 0.3 is 5.97 Å². The van der Waals surface area contributed by atoms with E-state index in [4.69, 9.17) is 9.47 Å². The predicted molar refractivity (Wildman–Crippen MR) is 97.8 cm³/mol. The lowest BCUT2D eigenvalue weighted by molar-refractivity contribution is -0.139. The number of carbonyl (C=O) groups is 1. The zero-order valence-electron chi connectivity index (χ0n) is 14.6. The summed E-state index contributed by atoms with van der Waals surface area (Å²) in [5, 5.41) is 6.80. The summed E-state index contributed by atoms with van der Waals surface area (Å²) in [6.07, 6.45) is 5.47. The van der Waals surface area contributed by atoms with E-state index in [2.05, 4.69) is 21.2 Å². The van der Waals surface area contributed by atoms with E-state index >= 15 is 0 Å². The number of H-pyrrole nitrogens is 1. The Kier molecular flexibility index (Phi) is 5.98. The standard InChI is InChI=1S/C20H21N3O3/c1-25-20(24)13-16-5-2-4-15(12-16)6-3-11-26-17-7-8-18(21-14-17)19-9-10-22-23-19/h2,4-5,7-10,12,14H,3,6,11,13H2,1H3,(H,22,23). The van der Waals surface area contributed by atoms with Gasteiger partial charge in [0.05, 0.1) is 37.7 Å². The maximum absolute atomic E-state index is 11.4. The van der Waals surface area contributed by atoms with Gasteiger partial charge < -0.3 is 9.47 Å². The molecule has 3 aromatic rings. The second-order valence-electron chi connectivity index (χ2n) is 5.87. The van der Waals surface area contributed by atoms with Crippen LogP contribution in [0.1, 0.15) is 17.5 Å². The van der Waals surface area contributed by atoms with Crippen molar-refractivity contribution in [3.63, 3.8) is 0 Å². The molecule has 0 unspecified atom stereocenters. The van der Waals surface area contributed by atoms with Crippen molar-refractivity contribution in [1.29, 1.82) is 0 Å². The van der Waals surface area contributed by atoms with Gasteiger partial charge in [-0.05, 0) is 42.2 Å². The predicted octanol–water partition coefficient (Wildman–Crippen LogP) is 3.20. The van der Waals surface area contributed by atoms with Crippen LogP contribution in [-0.4, -0.2) is 34.9 Å². The molecule has 0 saturated heterocycles. The molecule has 0 fully saturated rings. The molecule has 0 aliphatic carbocycles.